The minimum atomic E-state index is 0.152. The molecule has 0 saturated heterocycles. The lowest BCUT2D eigenvalue weighted by atomic mass is 9.85. The molecular formula is C44H60N6O2. The van der Waals surface area contributed by atoms with Crippen LogP contribution in [-0.2, 0) is 29.1 Å². The van der Waals surface area contributed by atoms with Crippen molar-refractivity contribution in [3.63, 3.8) is 0 Å². The fourth-order valence-corrected chi connectivity index (χ4v) is 7.22. The van der Waals surface area contributed by atoms with Crippen LogP contribution in [-0.4, -0.2) is 53.6 Å². The molecule has 3 atom stereocenters. The Morgan fingerprint density at radius 3 is 1.98 bits per heavy atom. The van der Waals surface area contributed by atoms with Gasteiger partial charge >= 0.3 is 0 Å². The second kappa shape index (κ2) is 17.4. The standard InChI is InChI=1S/C44H60N6O2/c1-10-16-42(51)49(29(8)13-4)26-40-45-25-39(47-40)33-18-20-34(31(15-6)22-33)37-23-32-19-21-38-44(36(32)24-35(37)28(7)12-3)48-41(46-38)27-50(30(9)14-5)43(52)17-11-2/h18-25,28-30H,10-17,26-27H2,1-9H3,(H,45,47)(H,46,48)/t28?,29-,30-/m0/s1. The maximum Gasteiger partial charge on any atom is 0.223 e. The lowest BCUT2D eigenvalue weighted by molar-refractivity contribution is -0.135. The summed E-state index contributed by atoms with van der Waals surface area (Å²) in [7, 11) is 0. The molecule has 2 N–H and O–H groups in total. The van der Waals surface area contributed by atoms with Gasteiger partial charge in [0.15, 0.2) is 0 Å². The average molecular weight is 705 g/mol. The molecular weight excluding hydrogens is 645 g/mol. The second-order valence-electron chi connectivity index (χ2n) is 14.6. The molecule has 0 saturated carbocycles. The predicted molar refractivity (Wildman–Crippen MR) is 215 cm³/mol. The van der Waals surface area contributed by atoms with Crippen LogP contribution in [0.5, 0.6) is 0 Å². The van der Waals surface area contributed by atoms with E-state index >= 15 is 0 Å². The first-order valence-corrected chi connectivity index (χ1v) is 19.8. The summed E-state index contributed by atoms with van der Waals surface area (Å²) in [6, 6.07) is 16.1. The van der Waals surface area contributed by atoms with Gasteiger partial charge in [0.2, 0.25) is 11.8 Å². The first-order valence-electron chi connectivity index (χ1n) is 19.8. The van der Waals surface area contributed by atoms with E-state index in [4.69, 9.17) is 9.97 Å². The Morgan fingerprint density at radius 2 is 1.38 bits per heavy atom. The maximum atomic E-state index is 13.0. The SMILES string of the molecule is CCCC(=O)N(Cc1ncc(-c2ccc(-c3cc4ccc5nc(CN(C(=O)CCC)[C@@H](C)CC)[nH]c5c4cc3C(C)CC)c(CC)c2)[nH]1)[C@@H](C)CC. The van der Waals surface area contributed by atoms with Gasteiger partial charge in [0, 0.05) is 30.3 Å². The van der Waals surface area contributed by atoms with Gasteiger partial charge in [-0.1, -0.05) is 66.7 Å². The summed E-state index contributed by atoms with van der Waals surface area (Å²) < 4.78 is 0. The lowest BCUT2D eigenvalue weighted by Gasteiger charge is -2.27. The van der Waals surface area contributed by atoms with Crippen molar-refractivity contribution >= 4 is 33.6 Å². The Morgan fingerprint density at radius 1 is 0.731 bits per heavy atom. The molecule has 5 rings (SSSR count). The molecule has 2 heterocycles. The van der Waals surface area contributed by atoms with Gasteiger partial charge in [0.1, 0.15) is 11.6 Å². The van der Waals surface area contributed by atoms with Crippen LogP contribution in [0.3, 0.4) is 0 Å². The quantitative estimate of drug-likeness (QED) is 0.101. The summed E-state index contributed by atoms with van der Waals surface area (Å²) in [5.74, 6) is 2.36. The normalized spacial score (nSPS) is 13.4. The molecule has 0 bridgehead atoms. The van der Waals surface area contributed by atoms with Crippen molar-refractivity contribution in [2.45, 2.75) is 145 Å². The number of amides is 2. The molecule has 0 fully saturated rings. The van der Waals surface area contributed by atoms with Gasteiger partial charge in [-0.15, -0.1) is 0 Å². The topological polar surface area (TPSA) is 98.0 Å². The van der Waals surface area contributed by atoms with Gasteiger partial charge in [0.05, 0.1) is 36.0 Å². The van der Waals surface area contributed by atoms with Crippen molar-refractivity contribution in [2.24, 2.45) is 0 Å². The third kappa shape index (κ3) is 8.27. The Labute approximate surface area is 310 Å². The molecule has 52 heavy (non-hydrogen) atoms. The monoisotopic (exact) mass is 704 g/mol. The van der Waals surface area contributed by atoms with Crippen LogP contribution in [0, 0.1) is 0 Å². The first-order chi connectivity index (χ1) is 25.1. The van der Waals surface area contributed by atoms with E-state index in [0.717, 1.165) is 77.9 Å². The van der Waals surface area contributed by atoms with Crippen molar-refractivity contribution < 1.29 is 9.59 Å². The zero-order valence-electron chi connectivity index (χ0n) is 33.0. The highest BCUT2D eigenvalue weighted by atomic mass is 16.2. The van der Waals surface area contributed by atoms with Crippen molar-refractivity contribution in [1.29, 1.82) is 0 Å². The van der Waals surface area contributed by atoms with Crippen LogP contribution in [0.1, 0.15) is 136 Å². The van der Waals surface area contributed by atoms with Crippen LogP contribution in [0.15, 0.2) is 48.7 Å². The van der Waals surface area contributed by atoms with Crippen LogP contribution in [0.2, 0.25) is 0 Å². The van der Waals surface area contributed by atoms with E-state index in [2.05, 4.69) is 108 Å². The number of nitrogens with one attached hydrogen (secondary N) is 2. The summed E-state index contributed by atoms with van der Waals surface area (Å²) in [4.78, 5) is 46.7. The van der Waals surface area contributed by atoms with E-state index in [0.29, 0.717) is 31.8 Å². The summed E-state index contributed by atoms with van der Waals surface area (Å²) in [6.45, 7) is 20.3. The highest BCUT2D eigenvalue weighted by molar-refractivity contribution is 6.06. The van der Waals surface area contributed by atoms with Gasteiger partial charge in [-0.25, -0.2) is 9.97 Å². The number of aromatic nitrogens is 4. The van der Waals surface area contributed by atoms with Gasteiger partial charge in [0.25, 0.3) is 0 Å². The molecule has 0 aliphatic rings. The summed E-state index contributed by atoms with van der Waals surface area (Å²) in [5.41, 5.74) is 9.13. The lowest BCUT2D eigenvalue weighted by Crippen LogP contribution is -2.37. The number of imidazole rings is 2. The molecule has 5 aromatic rings. The summed E-state index contributed by atoms with van der Waals surface area (Å²) >= 11 is 0. The van der Waals surface area contributed by atoms with Gasteiger partial charge in [-0.05, 0) is 116 Å². The van der Waals surface area contributed by atoms with Crippen molar-refractivity contribution in [2.75, 3.05) is 0 Å². The molecule has 0 radical (unpaired) electrons. The fraction of sp³-hybridized carbons (Fsp3) is 0.500. The average Bonchev–Trinajstić information content (AvgIpc) is 3.81. The van der Waals surface area contributed by atoms with E-state index < -0.39 is 0 Å². The molecule has 0 aliphatic heterocycles. The number of carbonyl (C=O) groups excluding carboxylic acids is 2. The van der Waals surface area contributed by atoms with Crippen molar-refractivity contribution in [3.8, 4) is 22.4 Å². The van der Waals surface area contributed by atoms with Crippen molar-refractivity contribution in [3.05, 3.63) is 71.4 Å². The van der Waals surface area contributed by atoms with Crippen molar-refractivity contribution in [1.82, 2.24) is 29.7 Å². The largest absolute Gasteiger partial charge is 0.341 e. The van der Waals surface area contributed by atoms with Crippen LogP contribution in [0.25, 0.3) is 44.2 Å². The van der Waals surface area contributed by atoms with E-state index in [1.807, 2.05) is 22.9 Å². The number of nitrogens with zero attached hydrogens (tertiary/aromatic N) is 4. The number of rotatable bonds is 17. The fourth-order valence-electron chi connectivity index (χ4n) is 7.22. The molecule has 1 unspecified atom stereocenters. The van der Waals surface area contributed by atoms with E-state index in [1.54, 1.807) is 0 Å². The zero-order valence-corrected chi connectivity index (χ0v) is 33.0. The number of benzene rings is 3. The summed E-state index contributed by atoms with van der Waals surface area (Å²) in [5, 5.41) is 2.33. The number of fused-ring (bicyclic) bond motifs is 3. The summed E-state index contributed by atoms with van der Waals surface area (Å²) in [6.07, 6.45) is 8.41. The van der Waals surface area contributed by atoms with Crippen LogP contribution < -0.4 is 0 Å². The number of hydrogen-bond donors (Lipinski definition) is 2. The molecule has 8 heteroatoms. The zero-order chi connectivity index (χ0) is 37.5. The molecule has 0 spiro atoms. The molecule has 0 aliphatic carbocycles. The van der Waals surface area contributed by atoms with Crippen LogP contribution in [0.4, 0.5) is 0 Å². The van der Waals surface area contributed by atoms with E-state index in [-0.39, 0.29) is 23.9 Å². The Kier molecular flexibility index (Phi) is 12.9. The molecule has 2 aromatic heterocycles. The highest BCUT2D eigenvalue weighted by Crippen LogP contribution is 2.39. The Hall–Kier alpha value is -4.46. The second-order valence-corrected chi connectivity index (χ2v) is 14.6. The molecule has 8 nitrogen and oxygen atoms in total. The number of aromatic amines is 2. The predicted octanol–water partition coefficient (Wildman–Crippen LogP) is 10.7. The molecule has 3 aromatic carbocycles. The third-order valence-electron chi connectivity index (χ3n) is 11.0. The van der Waals surface area contributed by atoms with E-state index in [9.17, 15) is 9.59 Å². The Bertz CT molecular complexity index is 1990. The first kappa shape index (κ1) is 38.8. The van der Waals surface area contributed by atoms with Gasteiger partial charge < -0.3 is 19.8 Å². The van der Waals surface area contributed by atoms with Gasteiger partial charge in [-0.3, -0.25) is 9.59 Å². The Balaban J connectivity index is 1.51. The maximum absolute atomic E-state index is 13.0. The number of hydrogen-bond acceptors (Lipinski definition) is 4. The molecule has 278 valence electrons. The third-order valence-corrected chi connectivity index (χ3v) is 11.0. The molecule has 2 amide bonds. The number of aryl methyl sites for hydroxylation is 1. The number of carbonyl (C=O) groups is 2. The van der Waals surface area contributed by atoms with Gasteiger partial charge in [-0.2, -0.15) is 0 Å². The highest BCUT2D eigenvalue weighted by Gasteiger charge is 2.23. The van der Waals surface area contributed by atoms with Crippen LogP contribution >= 0.6 is 0 Å². The van der Waals surface area contributed by atoms with E-state index in [1.165, 1.54) is 27.6 Å². The number of H-pyrrole nitrogens is 2. The minimum absolute atomic E-state index is 0.152. The minimum Gasteiger partial charge on any atom is -0.341 e. The smallest absolute Gasteiger partial charge is 0.223 e.